The molecule has 0 radical (unpaired) electrons. The fourth-order valence-corrected chi connectivity index (χ4v) is 3.59. The molecule has 1 aliphatic heterocycles. The van der Waals surface area contributed by atoms with Gasteiger partial charge >= 0.3 is 0 Å². The Kier molecular flexibility index (Phi) is 5.07. The molecule has 1 unspecified atom stereocenters. The van der Waals surface area contributed by atoms with Crippen molar-refractivity contribution in [1.29, 1.82) is 0 Å². The number of carbonyl (C=O) groups excluding carboxylic acids is 1. The third kappa shape index (κ3) is 3.37. The van der Waals surface area contributed by atoms with E-state index in [2.05, 4.69) is 14.9 Å². The molecular weight excluding hydrogens is 399 g/mol. The number of para-hydroxylation sites is 2. The summed E-state index contributed by atoms with van der Waals surface area (Å²) >= 11 is 12.3. The molecule has 0 N–H and O–H groups in total. The first-order valence-electron chi connectivity index (χ1n) is 8.56. The number of fused-ring (bicyclic) bond motifs is 1. The van der Waals surface area contributed by atoms with Crippen LogP contribution in [-0.2, 0) is 4.79 Å². The normalized spacial score (nSPS) is 15.9. The number of nitrogens with zero attached hydrogens (tertiary/aromatic N) is 4. The quantitative estimate of drug-likeness (QED) is 0.577. The number of anilines is 2. The van der Waals surface area contributed by atoms with E-state index in [1.54, 1.807) is 29.3 Å². The fraction of sp³-hybridized carbons (Fsp3) is 0.150. The maximum absolute atomic E-state index is 12.0. The number of ether oxygens (including phenoxy) is 1. The van der Waals surface area contributed by atoms with E-state index >= 15 is 0 Å². The molecule has 8 heteroatoms. The average molecular weight is 415 g/mol. The standard InChI is InChI=1S/C20H16Cl2N4O2/c1-25-11-17(26(12-27)16-5-3-2-4-15(16)25)19-20(24-9-8-23-19)28-18-10-13(21)6-7-14(18)22/h2-10,12,17H,11H2,1H3. The summed E-state index contributed by atoms with van der Waals surface area (Å²) in [6.45, 7) is 0.536. The highest BCUT2D eigenvalue weighted by atomic mass is 35.5. The SMILES string of the molecule is CN1CC(c2nccnc2Oc2cc(Cl)ccc2Cl)N(C=O)c2ccccc21. The van der Waals surface area contributed by atoms with Crippen molar-refractivity contribution < 1.29 is 9.53 Å². The van der Waals surface area contributed by atoms with Gasteiger partial charge in [0.2, 0.25) is 12.3 Å². The van der Waals surface area contributed by atoms with E-state index in [1.165, 1.54) is 6.20 Å². The third-order valence-corrected chi connectivity index (χ3v) is 5.12. The second-order valence-electron chi connectivity index (χ2n) is 6.32. The molecule has 0 saturated carbocycles. The number of benzene rings is 2. The lowest BCUT2D eigenvalue weighted by molar-refractivity contribution is -0.108. The Labute approximate surface area is 172 Å². The second-order valence-corrected chi connectivity index (χ2v) is 7.16. The van der Waals surface area contributed by atoms with E-state index in [1.807, 2.05) is 31.3 Å². The topological polar surface area (TPSA) is 58.6 Å². The Morgan fingerprint density at radius 3 is 2.64 bits per heavy atom. The summed E-state index contributed by atoms with van der Waals surface area (Å²) in [6.07, 6.45) is 3.91. The first-order chi connectivity index (χ1) is 13.6. The van der Waals surface area contributed by atoms with Crippen LogP contribution in [0.4, 0.5) is 11.4 Å². The van der Waals surface area contributed by atoms with E-state index in [-0.39, 0.29) is 11.9 Å². The van der Waals surface area contributed by atoms with Crippen molar-refractivity contribution in [3.63, 3.8) is 0 Å². The monoisotopic (exact) mass is 414 g/mol. The molecule has 0 spiro atoms. The summed E-state index contributed by atoms with van der Waals surface area (Å²) in [5.74, 6) is 0.648. The van der Waals surface area contributed by atoms with Crippen molar-refractivity contribution in [2.75, 3.05) is 23.4 Å². The van der Waals surface area contributed by atoms with Crippen LogP contribution in [-0.4, -0.2) is 30.0 Å². The molecule has 0 fully saturated rings. The molecule has 142 valence electrons. The predicted molar refractivity (Wildman–Crippen MR) is 110 cm³/mol. The molecule has 0 aliphatic carbocycles. The van der Waals surface area contributed by atoms with Gasteiger partial charge in [-0.1, -0.05) is 35.3 Å². The number of hydrogen-bond acceptors (Lipinski definition) is 5. The Balaban J connectivity index is 1.76. The Morgan fingerprint density at radius 1 is 1.11 bits per heavy atom. The first-order valence-corrected chi connectivity index (χ1v) is 9.31. The van der Waals surface area contributed by atoms with Crippen LogP contribution < -0.4 is 14.5 Å². The second kappa shape index (κ2) is 7.66. The minimum absolute atomic E-state index is 0.274. The van der Waals surface area contributed by atoms with Gasteiger partial charge in [-0.15, -0.1) is 0 Å². The van der Waals surface area contributed by atoms with Crippen LogP contribution in [0.2, 0.25) is 10.0 Å². The molecule has 0 bridgehead atoms. The van der Waals surface area contributed by atoms with Crippen LogP contribution in [0.5, 0.6) is 11.6 Å². The molecule has 2 aromatic carbocycles. The zero-order chi connectivity index (χ0) is 19.7. The highest BCUT2D eigenvalue weighted by molar-refractivity contribution is 6.34. The lowest BCUT2D eigenvalue weighted by atomic mass is 10.1. The maximum atomic E-state index is 12.0. The maximum Gasteiger partial charge on any atom is 0.243 e. The zero-order valence-corrected chi connectivity index (χ0v) is 16.4. The van der Waals surface area contributed by atoms with E-state index in [4.69, 9.17) is 27.9 Å². The van der Waals surface area contributed by atoms with E-state index in [0.717, 1.165) is 17.8 Å². The van der Waals surface area contributed by atoms with Gasteiger partial charge in [0, 0.05) is 37.1 Å². The highest BCUT2D eigenvalue weighted by Gasteiger charge is 2.33. The fourth-order valence-electron chi connectivity index (χ4n) is 3.27. The van der Waals surface area contributed by atoms with Gasteiger partial charge < -0.3 is 14.5 Å². The predicted octanol–water partition coefficient (Wildman–Crippen LogP) is 4.73. The summed E-state index contributed by atoms with van der Waals surface area (Å²) in [4.78, 5) is 24.5. The van der Waals surface area contributed by atoms with Gasteiger partial charge in [-0.25, -0.2) is 4.98 Å². The van der Waals surface area contributed by atoms with Gasteiger partial charge in [0.25, 0.3) is 0 Å². The van der Waals surface area contributed by atoms with Crippen LogP contribution in [0.25, 0.3) is 0 Å². The molecular formula is C20H16Cl2N4O2. The van der Waals surface area contributed by atoms with Gasteiger partial charge in [-0.2, -0.15) is 0 Å². The van der Waals surface area contributed by atoms with Gasteiger partial charge in [0.1, 0.15) is 17.5 Å². The molecule has 1 amide bonds. The lowest BCUT2D eigenvalue weighted by Gasteiger charge is -2.39. The Bertz CT molecular complexity index is 1030. The number of amides is 1. The molecule has 1 aliphatic rings. The minimum atomic E-state index is -0.376. The minimum Gasteiger partial charge on any atom is -0.436 e. The molecule has 6 nitrogen and oxygen atoms in total. The van der Waals surface area contributed by atoms with Crippen molar-refractivity contribution in [3.05, 3.63) is 70.6 Å². The van der Waals surface area contributed by atoms with Crippen LogP contribution in [0.15, 0.2) is 54.9 Å². The van der Waals surface area contributed by atoms with Gasteiger partial charge in [0.05, 0.1) is 16.4 Å². The number of halogens is 2. The van der Waals surface area contributed by atoms with Crippen molar-refractivity contribution in [2.45, 2.75) is 6.04 Å². The average Bonchev–Trinajstić information content (AvgIpc) is 2.71. The molecule has 1 atom stereocenters. The lowest BCUT2D eigenvalue weighted by Crippen LogP contribution is -2.42. The summed E-state index contributed by atoms with van der Waals surface area (Å²) in [6, 6.07) is 12.3. The van der Waals surface area contributed by atoms with E-state index < -0.39 is 0 Å². The molecule has 28 heavy (non-hydrogen) atoms. The van der Waals surface area contributed by atoms with Gasteiger partial charge in [0.15, 0.2) is 0 Å². The van der Waals surface area contributed by atoms with Crippen molar-refractivity contribution in [3.8, 4) is 11.6 Å². The molecule has 4 rings (SSSR count). The molecule has 1 aromatic heterocycles. The molecule has 0 saturated heterocycles. The number of aromatic nitrogens is 2. The van der Waals surface area contributed by atoms with Crippen LogP contribution in [0.1, 0.15) is 11.7 Å². The summed E-state index contributed by atoms with van der Waals surface area (Å²) in [7, 11) is 1.97. The van der Waals surface area contributed by atoms with Gasteiger partial charge in [-0.05, 0) is 24.3 Å². The smallest absolute Gasteiger partial charge is 0.243 e. The number of rotatable bonds is 4. The highest BCUT2D eigenvalue weighted by Crippen LogP contribution is 2.41. The summed E-state index contributed by atoms with van der Waals surface area (Å²) in [5.41, 5.74) is 2.30. The van der Waals surface area contributed by atoms with Crippen LogP contribution >= 0.6 is 23.2 Å². The zero-order valence-electron chi connectivity index (χ0n) is 14.9. The van der Waals surface area contributed by atoms with Crippen molar-refractivity contribution in [2.24, 2.45) is 0 Å². The summed E-state index contributed by atoms with van der Waals surface area (Å²) in [5, 5.41) is 0.894. The van der Waals surface area contributed by atoms with Crippen molar-refractivity contribution in [1.82, 2.24) is 9.97 Å². The van der Waals surface area contributed by atoms with Crippen LogP contribution in [0, 0.1) is 0 Å². The van der Waals surface area contributed by atoms with Gasteiger partial charge in [-0.3, -0.25) is 9.78 Å². The number of hydrogen-bond donors (Lipinski definition) is 0. The van der Waals surface area contributed by atoms with E-state index in [9.17, 15) is 4.79 Å². The van der Waals surface area contributed by atoms with Crippen molar-refractivity contribution >= 4 is 41.0 Å². The summed E-state index contributed by atoms with van der Waals surface area (Å²) < 4.78 is 5.94. The molecule has 3 aromatic rings. The number of carbonyl (C=O) groups is 1. The molecule has 2 heterocycles. The largest absolute Gasteiger partial charge is 0.436 e. The third-order valence-electron chi connectivity index (χ3n) is 4.57. The Morgan fingerprint density at radius 2 is 1.86 bits per heavy atom. The number of likely N-dealkylation sites (N-methyl/N-ethyl adjacent to an activating group) is 1. The first kappa shape index (κ1) is 18.5. The van der Waals surface area contributed by atoms with Crippen LogP contribution in [0.3, 0.4) is 0 Å². The van der Waals surface area contributed by atoms with E-state index in [0.29, 0.717) is 28.0 Å². The Hall–Kier alpha value is -2.83.